The summed E-state index contributed by atoms with van der Waals surface area (Å²) < 4.78 is 15.8. The molecule has 0 aliphatic rings. The molecule has 2 aromatic rings. The molecule has 0 aliphatic carbocycles. The first-order chi connectivity index (χ1) is 8.91. The van der Waals surface area contributed by atoms with Crippen molar-refractivity contribution in [3.05, 3.63) is 50.5 Å². The van der Waals surface area contributed by atoms with Gasteiger partial charge in [-0.05, 0) is 28.9 Å². The van der Waals surface area contributed by atoms with E-state index in [-0.39, 0.29) is 12.0 Å². The van der Waals surface area contributed by atoms with Gasteiger partial charge in [0, 0.05) is 19.0 Å². The number of hydrogen-bond donors (Lipinski definition) is 1. The van der Waals surface area contributed by atoms with Crippen molar-refractivity contribution < 1.29 is 9.50 Å². The third-order valence-corrected chi connectivity index (χ3v) is 4.09. The van der Waals surface area contributed by atoms with Crippen LogP contribution in [0.4, 0.5) is 4.39 Å². The molecule has 0 fully saturated rings. The third-order valence-electron chi connectivity index (χ3n) is 2.99. The molecular weight excluding hydrogens is 335 g/mol. The van der Waals surface area contributed by atoms with Crippen molar-refractivity contribution in [3.8, 4) is 0 Å². The second-order valence-corrected chi connectivity index (χ2v) is 5.56. The zero-order valence-corrected chi connectivity index (χ0v) is 12.8. The summed E-state index contributed by atoms with van der Waals surface area (Å²) in [5.41, 5.74) is 1.62. The van der Waals surface area contributed by atoms with E-state index in [9.17, 15) is 9.50 Å². The van der Waals surface area contributed by atoms with Gasteiger partial charge < -0.3 is 5.11 Å². The number of rotatable bonds is 3. The molecule has 19 heavy (non-hydrogen) atoms. The minimum absolute atomic E-state index is 0.212. The summed E-state index contributed by atoms with van der Waals surface area (Å²) in [4.78, 5) is 0. The highest BCUT2D eigenvalue weighted by atomic mass is 79.9. The Morgan fingerprint density at radius 3 is 2.79 bits per heavy atom. The average Bonchev–Trinajstić information content (AvgIpc) is 2.59. The molecule has 6 heteroatoms. The molecule has 0 amide bonds. The van der Waals surface area contributed by atoms with E-state index in [0.29, 0.717) is 20.9 Å². The fraction of sp³-hybridized carbons (Fsp3) is 0.308. The van der Waals surface area contributed by atoms with Crippen LogP contribution in [-0.2, 0) is 13.5 Å². The average molecular weight is 348 g/mol. The van der Waals surface area contributed by atoms with Crippen molar-refractivity contribution in [2.45, 2.75) is 19.4 Å². The van der Waals surface area contributed by atoms with E-state index in [2.05, 4.69) is 21.0 Å². The van der Waals surface area contributed by atoms with Gasteiger partial charge >= 0.3 is 0 Å². The van der Waals surface area contributed by atoms with E-state index < -0.39 is 11.9 Å². The van der Waals surface area contributed by atoms with Crippen molar-refractivity contribution in [3.63, 3.8) is 0 Å². The number of aryl methyl sites for hydroxylation is 2. The van der Waals surface area contributed by atoms with Gasteiger partial charge in [0.05, 0.1) is 27.0 Å². The van der Waals surface area contributed by atoms with Crippen LogP contribution in [0.3, 0.4) is 0 Å². The first-order valence-corrected chi connectivity index (χ1v) is 6.89. The van der Waals surface area contributed by atoms with Crippen LogP contribution in [0.15, 0.2) is 22.7 Å². The van der Waals surface area contributed by atoms with E-state index in [0.717, 1.165) is 0 Å². The van der Waals surface area contributed by atoms with Gasteiger partial charge in [-0.25, -0.2) is 4.39 Å². The lowest BCUT2D eigenvalue weighted by molar-refractivity contribution is 0.171. The highest BCUT2D eigenvalue weighted by molar-refractivity contribution is 9.10. The number of aliphatic hydroxyl groups excluding tert-OH is 1. The van der Waals surface area contributed by atoms with Gasteiger partial charge in [-0.2, -0.15) is 5.10 Å². The summed E-state index contributed by atoms with van der Waals surface area (Å²) in [6, 6.07) is 4.83. The summed E-state index contributed by atoms with van der Waals surface area (Å²) in [5.74, 6) is -0.454. The van der Waals surface area contributed by atoms with Gasteiger partial charge in [-0.15, -0.1) is 0 Å². The monoisotopic (exact) mass is 346 g/mol. The van der Waals surface area contributed by atoms with E-state index in [4.69, 9.17) is 11.6 Å². The fourth-order valence-corrected chi connectivity index (χ4v) is 2.59. The lowest BCUT2D eigenvalue weighted by atomic mass is 10.0. The molecule has 0 spiro atoms. The Balaban J connectivity index is 2.31. The van der Waals surface area contributed by atoms with Crippen LogP contribution < -0.4 is 0 Å². The van der Waals surface area contributed by atoms with Gasteiger partial charge in [-0.1, -0.05) is 23.7 Å². The maximum atomic E-state index is 13.9. The Labute approximate surface area is 124 Å². The standard InChI is InChI=1S/C13H13BrClFN2O/c1-7-12(15)10(18(2)17-7)6-11(19)8-4-3-5-9(14)13(8)16/h3-5,11,19H,6H2,1-2H3. The smallest absolute Gasteiger partial charge is 0.143 e. The SMILES string of the molecule is Cc1nn(C)c(CC(O)c2cccc(Br)c2F)c1Cl. The number of nitrogens with zero attached hydrogens (tertiary/aromatic N) is 2. The largest absolute Gasteiger partial charge is 0.388 e. The molecular formula is C13H13BrClFN2O. The van der Waals surface area contributed by atoms with E-state index in [1.54, 1.807) is 36.9 Å². The molecule has 0 aliphatic heterocycles. The Bertz CT molecular complexity index is 615. The normalized spacial score (nSPS) is 12.7. The number of benzene rings is 1. The van der Waals surface area contributed by atoms with E-state index in [1.807, 2.05) is 0 Å². The van der Waals surface area contributed by atoms with E-state index in [1.165, 1.54) is 0 Å². The molecule has 1 unspecified atom stereocenters. The van der Waals surface area contributed by atoms with Crippen molar-refractivity contribution in [2.75, 3.05) is 0 Å². The first kappa shape index (κ1) is 14.5. The maximum Gasteiger partial charge on any atom is 0.143 e. The topological polar surface area (TPSA) is 38.0 Å². The molecule has 1 heterocycles. The van der Waals surface area contributed by atoms with Gasteiger partial charge in [0.25, 0.3) is 0 Å². The molecule has 0 saturated heterocycles. The maximum absolute atomic E-state index is 13.9. The lowest BCUT2D eigenvalue weighted by Gasteiger charge is -2.13. The number of hydrogen-bond acceptors (Lipinski definition) is 2. The van der Waals surface area contributed by atoms with Crippen molar-refractivity contribution in [1.82, 2.24) is 9.78 Å². The molecule has 102 valence electrons. The Morgan fingerprint density at radius 2 is 2.21 bits per heavy atom. The van der Waals surface area contributed by atoms with Crippen LogP contribution in [0.2, 0.25) is 5.02 Å². The summed E-state index contributed by atoms with van der Waals surface area (Å²) in [6.07, 6.45) is -0.756. The van der Waals surface area contributed by atoms with Crippen LogP contribution in [-0.4, -0.2) is 14.9 Å². The minimum atomic E-state index is -0.968. The van der Waals surface area contributed by atoms with E-state index >= 15 is 0 Å². The zero-order valence-electron chi connectivity index (χ0n) is 10.5. The van der Waals surface area contributed by atoms with Crippen molar-refractivity contribution in [1.29, 1.82) is 0 Å². The van der Waals surface area contributed by atoms with Gasteiger partial charge in [-0.3, -0.25) is 4.68 Å². The van der Waals surface area contributed by atoms with Gasteiger partial charge in [0.15, 0.2) is 0 Å². The van der Waals surface area contributed by atoms with Crippen LogP contribution >= 0.6 is 27.5 Å². The predicted octanol–water partition coefficient (Wildman–Crippen LogP) is 3.56. The molecule has 1 N–H and O–H groups in total. The Hall–Kier alpha value is -0.910. The lowest BCUT2D eigenvalue weighted by Crippen LogP contribution is -2.08. The molecule has 1 aromatic heterocycles. The number of aliphatic hydroxyl groups is 1. The number of aromatic nitrogens is 2. The summed E-state index contributed by atoms with van der Waals surface area (Å²) in [6.45, 7) is 1.79. The van der Waals surface area contributed by atoms with Crippen LogP contribution in [0.1, 0.15) is 23.1 Å². The first-order valence-electron chi connectivity index (χ1n) is 5.71. The minimum Gasteiger partial charge on any atom is -0.388 e. The molecule has 1 aromatic carbocycles. The van der Waals surface area contributed by atoms with Gasteiger partial charge in [0.2, 0.25) is 0 Å². The van der Waals surface area contributed by atoms with Crippen molar-refractivity contribution >= 4 is 27.5 Å². The van der Waals surface area contributed by atoms with Crippen LogP contribution in [0, 0.1) is 12.7 Å². The van der Waals surface area contributed by atoms with Crippen LogP contribution in [0.25, 0.3) is 0 Å². The number of halogens is 3. The Morgan fingerprint density at radius 1 is 1.53 bits per heavy atom. The highest BCUT2D eigenvalue weighted by Gasteiger charge is 2.19. The predicted molar refractivity (Wildman–Crippen MR) is 75.7 cm³/mol. The van der Waals surface area contributed by atoms with Gasteiger partial charge in [0.1, 0.15) is 5.82 Å². The molecule has 2 rings (SSSR count). The quantitative estimate of drug-likeness (QED) is 0.922. The Kier molecular flexibility index (Phi) is 4.28. The second kappa shape index (κ2) is 5.61. The second-order valence-electron chi connectivity index (χ2n) is 4.33. The molecule has 0 radical (unpaired) electrons. The molecule has 3 nitrogen and oxygen atoms in total. The molecule has 1 atom stereocenters. The summed E-state index contributed by atoms with van der Waals surface area (Å²) in [7, 11) is 1.75. The van der Waals surface area contributed by atoms with Crippen molar-refractivity contribution in [2.24, 2.45) is 7.05 Å². The summed E-state index contributed by atoms with van der Waals surface area (Å²) in [5, 5.41) is 14.9. The molecule has 0 saturated carbocycles. The highest BCUT2D eigenvalue weighted by Crippen LogP contribution is 2.29. The third kappa shape index (κ3) is 2.83. The zero-order chi connectivity index (χ0) is 14.2. The fourth-order valence-electron chi connectivity index (χ4n) is 1.97. The molecule has 0 bridgehead atoms. The summed E-state index contributed by atoms with van der Waals surface area (Å²) >= 11 is 9.22. The van der Waals surface area contributed by atoms with Crippen LogP contribution in [0.5, 0.6) is 0 Å².